The Morgan fingerprint density at radius 3 is 2.58 bits per heavy atom. The zero-order valence-electron chi connectivity index (χ0n) is 13.5. The predicted molar refractivity (Wildman–Crippen MR) is 88.2 cm³/mol. The van der Waals surface area contributed by atoms with Gasteiger partial charge in [0, 0.05) is 0 Å². The highest BCUT2D eigenvalue weighted by atomic mass is 19.3. The Morgan fingerprint density at radius 2 is 1.96 bits per heavy atom. The van der Waals surface area contributed by atoms with Crippen LogP contribution in [0.25, 0.3) is 6.08 Å². The summed E-state index contributed by atoms with van der Waals surface area (Å²) in [6, 6.07) is 11.1. The summed E-state index contributed by atoms with van der Waals surface area (Å²) < 4.78 is 47.8. The normalized spacial score (nSPS) is 11.0. The van der Waals surface area contributed by atoms with E-state index >= 15 is 0 Å². The number of nitriles is 1. The average molecular weight is 362 g/mol. The molecule has 0 aliphatic rings. The van der Waals surface area contributed by atoms with Crippen LogP contribution in [0.1, 0.15) is 5.56 Å². The van der Waals surface area contributed by atoms with Crippen molar-refractivity contribution >= 4 is 17.7 Å². The molecule has 2 rings (SSSR count). The Morgan fingerprint density at radius 1 is 1.23 bits per heavy atom. The highest BCUT2D eigenvalue weighted by molar-refractivity contribution is 6.09. The van der Waals surface area contributed by atoms with Crippen LogP contribution in [0.2, 0.25) is 0 Å². The molecular weight excluding hydrogens is 349 g/mol. The van der Waals surface area contributed by atoms with Gasteiger partial charge in [-0.15, -0.1) is 0 Å². The first-order chi connectivity index (χ1) is 12.4. The Hall–Kier alpha value is -3.47. The third kappa shape index (κ3) is 4.77. The molecule has 5 nitrogen and oxygen atoms in total. The van der Waals surface area contributed by atoms with Gasteiger partial charge in [-0.3, -0.25) is 4.79 Å². The number of rotatable bonds is 6. The Bertz CT molecular complexity index is 876. The fourth-order valence-electron chi connectivity index (χ4n) is 2.04. The van der Waals surface area contributed by atoms with Crippen LogP contribution in [-0.4, -0.2) is 19.6 Å². The summed E-state index contributed by atoms with van der Waals surface area (Å²) in [6.45, 7) is -3.07. The fraction of sp³-hybridized carbons (Fsp3) is 0.111. The van der Waals surface area contributed by atoms with E-state index in [-0.39, 0.29) is 28.3 Å². The lowest BCUT2D eigenvalue weighted by molar-refractivity contribution is -0.112. The number of carbonyl (C=O) groups is 1. The van der Waals surface area contributed by atoms with Gasteiger partial charge in [0.25, 0.3) is 5.91 Å². The average Bonchev–Trinajstić information content (AvgIpc) is 2.61. The first-order valence-corrected chi connectivity index (χ1v) is 7.25. The SMILES string of the molecule is COc1ccc(/C=C(\C#N)C(=O)Nc2ccccc2F)cc1OC(F)F. The molecule has 1 amide bonds. The topological polar surface area (TPSA) is 71.3 Å². The summed E-state index contributed by atoms with van der Waals surface area (Å²) in [6.07, 6.45) is 1.16. The fourth-order valence-corrected chi connectivity index (χ4v) is 2.04. The van der Waals surface area contributed by atoms with Gasteiger partial charge in [0.1, 0.15) is 17.5 Å². The third-order valence-electron chi connectivity index (χ3n) is 3.20. The van der Waals surface area contributed by atoms with Crippen LogP contribution in [-0.2, 0) is 4.79 Å². The smallest absolute Gasteiger partial charge is 0.387 e. The van der Waals surface area contributed by atoms with Gasteiger partial charge in [0.2, 0.25) is 0 Å². The van der Waals surface area contributed by atoms with Gasteiger partial charge >= 0.3 is 6.61 Å². The molecule has 0 aliphatic heterocycles. The maximum atomic E-state index is 13.6. The summed E-state index contributed by atoms with van der Waals surface area (Å²) in [5.41, 5.74) is -0.182. The van der Waals surface area contributed by atoms with Gasteiger partial charge in [0.05, 0.1) is 12.8 Å². The van der Waals surface area contributed by atoms with Gasteiger partial charge in [-0.25, -0.2) is 4.39 Å². The van der Waals surface area contributed by atoms with Crippen molar-refractivity contribution in [3.8, 4) is 17.6 Å². The van der Waals surface area contributed by atoms with Crippen LogP contribution in [0, 0.1) is 17.1 Å². The number of para-hydroxylation sites is 1. The highest BCUT2D eigenvalue weighted by Crippen LogP contribution is 2.30. The molecule has 134 valence electrons. The van der Waals surface area contributed by atoms with Crippen molar-refractivity contribution in [1.29, 1.82) is 5.26 Å². The molecule has 0 spiro atoms. The van der Waals surface area contributed by atoms with E-state index in [1.165, 1.54) is 43.5 Å². The van der Waals surface area contributed by atoms with Crippen molar-refractivity contribution in [3.63, 3.8) is 0 Å². The molecule has 0 radical (unpaired) electrons. The second-order valence-corrected chi connectivity index (χ2v) is 4.89. The van der Waals surface area contributed by atoms with Crippen LogP contribution in [0.4, 0.5) is 18.9 Å². The van der Waals surface area contributed by atoms with Gasteiger partial charge < -0.3 is 14.8 Å². The molecule has 0 fully saturated rings. The molecule has 0 aromatic heterocycles. The molecule has 8 heteroatoms. The number of carbonyl (C=O) groups excluding carboxylic acids is 1. The standard InChI is InChI=1S/C18H13F3N2O3/c1-25-15-7-6-11(9-16(15)26-18(20)21)8-12(10-22)17(24)23-14-5-3-2-4-13(14)19/h2-9,18H,1H3,(H,23,24)/b12-8+. The van der Waals surface area contributed by atoms with E-state index in [1.54, 1.807) is 6.07 Å². The van der Waals surface area contributed by atoms with Crippen molar-refractivity contribution in [1.82, 2.24) is 0 Å². The number of hydrogen-bond donors (Lipinski definition) is 1. The number of anilines is 1. The quantitative estimate of drug-likeness (QED) is 0.623. The lowest BCUT2D eigenvalue weighted by atomic mass is 10.1. The first-order valence-electron chi connectivity index (χ1n) is 7.25. The number of methoxy groups -OCH3 is 1. The number of amides is 1. The summed E-state index contributed by atoms with van der Waals surface area (Å²) in [5.74, 6) is -1.68. The molecular formula is C18H13F3N2O3. The summed E-state index contributed by atoms with van der Waals surface area (Å²) >= 11 is 0. The van der Waals surface area contributed by atoms with Gasteiger partial charge in [-0.05, 0) is 35.9 Å². The van der Waals surface area contributed by atoms with E-state index in [0.717, 1.165) is 12.1 Å². The van der Waals surface area contributed by atoms with E-state index in [0.29, 0.717) is 0 Å². The largest absolute Gasteiger partial charge is 0.493 e. The van der Waals surface area contributed by atoms with E-state index in [4.69, 9.17) is 4.74 Å². The Labute approximate surface area is 147 Å². The van der Waals surface area contributed by atoms with Crippen molar-refractivity contribution in [3.05, 3.63) is 59.4 Å². The summed E-state index contributed by atoms with van der Waals surface area (Å²) in [4.78, 5) is 12.1. The molecule has 0 bridgehead atoms. The molecule has 2 aromatic rings. The van der Waals surface area contributed by atoms with Crippen LogP contribution < -0.4 is 14.8 Å². The number of alkyl halides is 2. The number of nitrogens with one attached hydrogen (secondary N) is 1. The summed E-state index contributed by atoms with van der Waals surface area (Å²) in [5, 5.41) is 11.4. The highest BCUT2D eigenvalue weighted by Gasteiger charge is 2.14. The first kappa shape index (κ1) is 18.9. The summed E-state index contributed by atoms with van der Waals surface area (Å²) in [7, 11) is 1.28. The second-order valence-electron chi connectivity index (χ2n) is 4.89. The number of nitrogens with zero attached hydrogens (tertiary/aromatic N) is 1. The third-order valence-corrected chi connectivity index (χ3v) is 3.20. The molecule has 26 heavy (non-hydrogen) atoms. The van der Waals surface area contributed by atoms with E-state index < -0.39 is 18.3 Å². The van der Waals surface area contributed by atoms with Crippen molar-refractivity contribution in [2.75, 3.05) is 12.4 Å². The lowest BCUT2D eigenvalue weighted by Gasteiger charge is -2.10. The number of hydrogen-bond acceptors (Lipinski definition) is 4. The maximum absolute atomic E-state index is 13.6. The number of halogens is 3. The van der Waals surface area contributed by atoms with Crippen LogP contribution >= 0.6 is 0 Å². The molecule has 0 aliphatic carbocycles. The Kier molecular flexibility index (Phi) is 6.22. The minimum absolute atomic E-state index is 0.0664. The zero-order chi connectivity index (χ0) is 19.1. The van der Waals surface area contributed by atoms with Crippen LogP contribution in [0.15, 0.2) is 48.0 Å². The number of ether oxygens (including phenoxy) is 2. The number of benzene rings is 2. The maximum Gasteiger partial charge on any atom is 0.387 e. The van der Waals surface area contributed by atoms with Gasteiger partial charge in [-0.2, -0.15) is 14.0 Å². The van der Waals surface area contributed by atoms with Crippen molar-refractivity contribution in [2.45, 2.75) is 6.61 Å². The monoisotopic (exact) mass is 362 g/mol. The van der Waals surface area contributed by atoms with Gasteiger partial charge in [-0.1, -0.05) is 18.2 Å². The predicted octanol–water partition coefficient (Wildman–Crippen LogP) is 3.98. The second kappa shape index (κ2) is 8.58. The van der Waals surface area contributed by atoms with E-state index in [2.05, 4.69) is 10.1 Å². The molecule has 2 aromatic carbocycles. The molecule has 0 atom stereocenters. The molecule has 0 saturated carbocycles. The van der Waals surface area contributed by atoms with Crippen LogP contribution in [0.5, 0.6) is 11.5 Å². The van der Waals surface area contributed by atoms with Crippen LogP contribution in [0.3, 0.4) is 0 Å². The van der Waals surface area contributed by atoms with Gasteiger partial charge in [0.15, 0.2) is 11.5 Å². The van der Waals surface area contributed by atoms with Crippen molar-refractivity contribution in [2.24, 2.45) is 0 Å². The van der Waals surface area contributed by atoms with Crippen molar-refractivity contribution < 1.29 is 27.4 Å². The zero-order valence-corrected chi connectivity index (χ0v) is 13.5. The molecule has 0 unspecified atom stereocenters. The molecule has 0 saturated heterocycles. The molecule has 0 heterocycles. The minimum atomic E-state index is -3.07. The lowest BCUT2D eigenvalue weighted by Crippen LogP contribution is -2.14. The van der Waals surface area contributed by atoms with E-state index in [9.17, 15) is 23.2 Å². The molecule has 1 N–H and O–H groups in total. The Balaban J connectivity index is 2.29. The van der Waals surface area contributed by atoms with E-state index in [1.807, 2.05) is 0 Å². The minimum Gasteiger partial charge on any atom is -0.493 e.